The average Bonchev–Trinajstić information content (AvgIpc) is 3.54. The Morgan fingerprint density at radius 1 is 0.652 bits per heavy atom. The summed E-state index contributed by atoms with van der Waals surface area (Å²) in [7, 11) is 0. The van der Waals surface area contributed by atoms with Gasteiger partial charge in [-0.15, -0.1) is 0 Å². The average molecular weight is 743 g/mol. The van der Waals surface area contributed by atoms with Gasteiger partial charge in [-0.05, 0) is 0 Å². The largest absolute Gasteiger partial charge is 1.00 e. The Morgan fingerprint density at radius 2 is 1.15 bits per heavy atom. The normalized spacial score (nSPS) is 14.2. The molecular weight excluding hydrogens is 679 g/mol. The van der Waals surface area contributed by atoms with E-state index >= 15 is 0 Å². The zero-order valence-corrected chi connectivity index (χ0v) is 35.8. The van der Waals surface area contributed by atoms with Crippen molar-refractivity contribution in [1.29, 1.82) is 0 Å². The molecule has 0 aromatic heterocycles. The third-order valence-electron chi connectivity index (χ3n) is 9.87. The third kappa shape index (κ3) is 8.69. The number of rotatable bonds is 8. The first kappa shape index (κ1) is 41.4. The van der Waals surface area contributed by atoms with Gasteiger partial charge in [0.1, 0.15) is 0 Å². The van der Waals surface area contributed by atoms with Crippen molar-refractivity contribution in [1.82, 2.24) is 0 Å². The SMILES string of the molecule is CCCC[C](CCCC)=[Zr+2]([C]1=CC=CC1)[c]1c2c(cc(C(C)(C)C)c1C(C)(C)C)-c1cc(C(C)(C)C)c(C(C)(C)C)cc1C2.[Cl-].[Cl-]. The fourth-order valence-electron chi connectivity index (χ4n) is 7.62. The molecule has 0 nitrogen and oxygen atoms in total. The fourth-order valence-corrected chi connectivity index (χ4v) is 17.1. The molecule has 2 aromatic carbocycles. The Balaban J connectivity index is 0.00000368. The standard InChI is InChI=1S/C29H41.C9H18.C5H5.2ClH.Zr/c1-26(2,3)22-14-18-13-19-15-23(27(4,5)6)25(29(10,11)12)17-21(19)20(18)16-24(22)28(7,8)9;1-3-5-7-9-8-6-4-2;1-2-4-5-3-1;;;/h14,16-17H,13H2,1-12H3;3-8H2,1-2H3;1-3H,4H2;2*1H;/q;;;;;+2/p-2. The van der Waals surface area contributed by atoms with Gasteiger partial charge in [0.05, 0.1) is 0 Å². The number of fused-ring (bicyclic) bond motifs is 3. The van der Waals surface area contributed by atoms with Gasteiger partial charge in [0.15, 0.2) is 0 Å². The molecule has 254 valence electrons. The van der Waals surface area contributed by atoms with Crippen LogP contribution in [0.5, 0.6) is 0 Å². The number of benzene rings is 2. The molecule has 0 aliphatic heterocycles. The van der Waals surface area contributed by atoms with Crippen molar-refractivity contribution >= 4 is 6.48 Å². The van der Waals surface area contributed by atoms with Crippen molar-refractivity contribution in [2.75, 3.05) is 0 Å². The van der Waals surface area contributed by atoms with Crippen LogP contribution in [0, 0.1) is 0 Å². The molecule has 0 spiro atoms. The number of hydrogen-bond donors (Lipinski definition) is 0. The molecule has 0 saturated heterocycles. The Bertz CT molecular complexity index is 1480. The first-order valence-corrected chi connectivity index (χ1v) is 21.5. The van der Waals surface area contributed by atoms with E-state index in [1.807, 2.05) is 9.76 Å². The molecule has 0 bridgehead atoms. The minimum atomic E-state index is -2.45. The van der Waals surface area contributed by atoms with Gasteiger partial charge < -0.3 is 24.8 Å². The second-order valence-corrected chi connectivity index (χ2v) is 24.3. The van der Waals surface area contributed by atoms with Crippen molar-refractivity contribution < 1.29 is 46.1 Å². The molecule has 2 aliphatic carbocycles. The van der Waals surface area contributed by atoms with Gasteiger partial charge in [0.25, 0.3) is 0 Å². The predicted molar refractivity (Wildman–Crippen MR) is 195 cm³/mol. The molecule has 2 aliphatic rings. The molecule has 0 amide bonds. The van der Waals surface area contributed by atoms with Crippen LogP contribution in [0.1, 0.15) is 175 Å². The van der Waals surface area contributed by atoms with Gasteiger partial charge in [0, 0.05) is 0 Å². The second-order valence-electron chi connectivity index (χ2n) is 17.9. The first-order chi connectivity index (χ1) is 20.3. The third-order valence-corrected chi connectivity index (χ3v) is 17.9. The van der Waals surface area contributed by atoms with E-state index in [-0.39, 0.29) is 46.5 Å². The predicted octanol–water partition coefficient (Wildman–Crippen LogP) is 6.10. The minimum absolute atomic E-state index is 0. The zero-order chi connectivity index (χ0) is 32.8. The first-order valence-electron chi connectivity index (χ1n) is 17.8. The van der Waals surface area contributed by atoms with Gasteiger partial charge in [-0.25, -0.2) is 0 Å². The Kier molecular flexibility index (Phi) is 13.9. The van der Waals surface area contributed by atoms with E-state index in [1.54, 1.807) is 27.8 Å². The van der Waals surface area contributed by atoms with E-state index in [9.17, 15) is 0 Å². The molecule has 0 radical (unpaired) electrons. The maximum atomic E-state index is 2.67. The summed E-state index contributed by atoms with van der Waals surface area (Å²) in [4.78, 5) is 0. The monoisotopic (exact) mass is 740 g/mol. The quantitative estimate of drug-likeness (QED) is 0.262. The molecular formula is C43H64Cl2Zr. The molecule has 0 atom stereocenters. The number of halogens is 2. The van der Waals surface area contributed by atoms with Crippen LogP contribution in [0.25, 0.3) is 11.1 Å². The molecule has 0 unspecified atom stereocenters. The molecule has 0 fully saturated rings. The van der Waals surface area contributed by atoms with Crippen molar-refractivity contribution in [3.8, 4) is 11.1 Å². The molecule has 0 saturated carbocycles. The summed E-state index contributed by atoms with van der Waals surface area (Å²) in [6.07, 6.45) is 17.5. The minimum Gasteiger partial charge on any atom is -1.00 e. The summed E-state index contributed by atoms with van der Waals surface area (Å²) in [5, 5.41) is 0. The second kappa shape index (κ2) is 15.4. The van der Waals surface area contributed by atoms with Crippen LogP contribution in [0.2, 0.25) is 0 Å². The van der Waals surface area contributed by atoms with Crippen LogP contribution in [0.4, 0.5) is 0 Å². The van der Waals surface area contributed by atoms with Crippen molar-refractivity contribution in [3.05, 3.63) is 73.1 Å². The summed E-state index contributed by atoms with van der Waals surface area (Å²) in [5.41, 5.74) is 13.1. The summed E-state index contributed by atoms with van der Waals surface area (Å²) >= 11 is -2.45. The van der Waals surface area contributed by atoms with Gasteiger partial charge in [-0.1, -0.05) is 0 Å². The van der Waals surface area contributed by atoms with Crippen LogP contribution in [-0.4, -0.2) is 3.21 Å². The maximum absolute atomic E-state index is 2.67. The van der Waals surface area contributed by atoms with Crippen molar-refractivity contribution in [2.45, 2.75) is 170 Å². The van der Waals surface area contributed by atoms with E-state index in [2.05, 4.69) is 133 Å². The summed E-state index contributed by atoms with van der Waals surface area (Å²) in [6, 6.07) is 7.94. The van der Waals surface area contributed by atoms with E-state index in [0.29, 0.717) is 0 Å². The van der Waals surface area contributed by atoms with E-state index in [1.165, 1.54) is 61.6 Å². The summed E-state index contributed by atoms with van der Waals surface area (Å²) < 4.78 is 5.66. The number of unbranched alkanes of at least 4 members (excludes halogenated alkanes) is 2. The van der Waals surface area contributed by atoms with Gasteiger partial charge in [-0.2, -0.15) is 0 Å². The summed E-state index contributed by atoms with van der Waals surface area (Å²) in [5.74, 6) is 0. The molecule has 0 N–H and O–H groups in total. The van der Waals surface area contributed by atoms with Gasteiger partial charge in [0.2, 0.25) is 0 Å². The van der Waals surface area contributed by atoms with Crippen molar-refractivity contribution in [3.63, 3.8) is 0 Å². The van der Waals surface area contributed by atoms with E-state index in [0.717, 1.165) is 6.42 Å². The number of allylic oxidation sites excluding steroid dienone is 4. The van der Waals surface area contributed by atoms with E-state index < -0.39 is 21.3 Å². The van der Waals surface area contributed by atoms with E-state index in [4.69, 9.17) is 0 Å². The Morgan fingerprint density at radius 3 is 1.59 bits per heavy atom. The molecule has 46 heavy (non-hydrogen) atoms. The van der Waals surface area contributed by atoms with Gasteiger partial charge >= 0.3 is 282 Å². The van der Waals surface area contributed by atoms with Crippen LogP contribution in [-0.2, 0) is 49.3 Å². The molecule has 0 heterocycles. The fraction of sp³-hybridized carbons (Fsp3) is 0.605. The van der Waals surface area contributed by atoms with Gasteiger partial charge in [-0.3, -0.25) is 0 Å². The topological polar surface area (TPSA) is 0 Å². The molecule has 2 aromatic rings. The Hall–Kier alpha value is -0.747. The van der Waals surface area contributed by atoms with Crippen LogP contribution in [0.15, 0.2) is 39.7 Å². The van der Waals surface area contributed by atoms with Crippen LogP contribution >= 0.6 is 0 Å². The maximum Gasteiger partial charge on any atom is -1.00 e. The molecule has 4 rings (SSSR count). The molecule has 3 heteroatoms. The summed E-state index contributed by atoms with van der Waals surface area (Å²) in [6.45, 7) is 34.1. The van der Waals surface area contributed by atoms with Crippen LogP contribution in [0.3, 0.4) is 0 Å². The number of hydrogen-bond acceptors (Lipinski definition) is 0. The Labute approximate surface area is 304 Å². The van der Waals surface area contributed by atoms with Crippen molar-refractivity contribution in [2.24, 2.45) is 0 Å². The van der Waals surface area contributed by atoms with Crippen LogP contribution < -0.4 is 28.1 Å². The zero-order valence-electron chi connectivity index (χ0n) is 31.9. The smallest absolute Gasteiger partial charge is 1.00 e.